The lowest BCUT2D eigenvalue weighted by Gasteiger charge is -2.33. The van der Waals surface area contributed by atoms with Crippen molar-refractivity contribution in [1.29, 1.82) is 0 Å². The molecule has 6 nitrogen and oxygen atoms in total. The zero-order valence-electron chi connectivity index (χ0n) is 18.1. The zero-order chi connectivity index (χ0) is 22.2. The van der Waals surface area contributed by atoms with Gasteiger partial charge in [-0.25, -0.2) is 0 Å². The molecule has 1 saturated heterocycles. The van der Waals surface area contributed by atoms with Gasteiger partial charge in [-0.1, -0.05) is 17.7 Å². The van der Waals surface area contributed by atoms with Gasteiger partial charge in [0.2, 0.25) is 0 Å². The number of nitrogens with zero attached hydrogens (tertiary/aromatic N) is 1. The van der Waals surface area contributed by atoms with Gasteiger partial charge in [0.25, 0.3) is 11.8 Å². The molecule has 1 atom stereocenters. The third-order valence-corrected chi connectivity index (χ3v) is 7.67. The number of benzene rings is 1. The van der Waals surface area contributed by atoms with Gasteiger partial charge in [-0.15, -0.1) is 11.3 Å². The van der Waals surface area contributed by atoms with Gasteiger partial charge in [-0.3, -0.25) is 9.59 Å². The molecule has 1 aromatic carbocycles. The quantitative estimate of drug-likeness (QED) is 0.727. The molecule has 0 aliphatic carbocycles. The number of carbonyl (C=O) groups excluding carboxylic acids is 2. The van der Waals surface area contributed by atoms with Crippen molar-refractivity contribution in [3.8, 4) is 0 Å². The molecule has 4 rings (SSSR count). The van der Waals surface area contributed by atoms with E-state index in [-0.39, 0.29) is 24.0 Å². The Hall–Kier alpha value is -1.93. The number of ether oxygens (including phenoxy) is 1. The first-order chi connectivity index (χ1) is 14.7. The number of fused-ring (bicyclic) bond motifs is 1. The minimum atomic E-state index is -1.10. The Balaban J connectivity index is 1.53. The van der Waals surface area contributed by atoms with Crippen molar-refractivity contribution >= 4 is 40.4 Å². The van der Waals surface area contributed by atoms with E-state index in [1.165, 1.54) is 22.5 Å². The largest absolute Gasteiger partial charge is 0.378 e. The zero-order valence-corrected chi connectivity index (χ0v) is 19.7. The summed E-state index contributed by atoms with van der Waals surface area (Å²) in [5.74, 6) is -0.574. The van der Waals surface area contributed by atoms with E-state index in [2.05, 4.69) is 48.6 Å². The first-order valence-electron chi connectivity index (χ1n) is 10.5. The lowest BCUT2D eigenvalue weighted by molar-refractivity contribution is -0.122. The summed E-state index contributed by atoms with van der Waals surface area (Å²) in [5, 5.41) is 5.93. The summed E-state index contributed by atoms with van der Waals surface area (Å²) in [4.78, 5) is 28.8. The molecule has 2 N–H and O–H groups in total. The Morgan fingerprint density at radius 1 is 1.19 bits per heavy atom. The number of hydrogen-bond donors (Lipinski definition) is 2. The first kappa shape index (κ1) is 22.3. The number of carbonyl (C=O) groups is 2. The van der Waals surface area contributed by atoms with Crippen LogP contribution in [-0.2, 0) is 22.4 Å². The third kappa shape index (κ3) is 4.65. The fraction of sp³-hybridized carbons (Fsp3) is 0.478. The van der Waals surface area contributed by atoms with E-state index in [9.17, 15) is 9.59 Å². The Morgan fingerprint density at radius 2 is 2.00 bits per heavy atom. The summed E-state index contributed by atoms with van der Waals surface area (Å²) in [5.41, 5.74) is 2.26. The van der Waals surface area contributed by atoms with E-state index in [1.807, 2.05) is 6.07 Å². The van der Waals surface area contributed by atoms with Crippen LogP contribution >= 0.6 is 22.9 Å². The molecule has 0 bridgehead atoms. The molecule has 1 fully saturated rings. The molecule has 0 saturated carbocycles. The Kier molecular flexibility index (Phi) is 6.14. The van der Waals surface area contributed by atoms with Gasteiger partial charge in [0.15, 0.2) is 0 Å². The third-order valence-electron chi connectivity index (χ3n) is 6.44. The van der Waals surface area contributed by atoms with Gasteiger partial charge in [-0.2, -0.15) is 0 Å². The second-order valence-electron chi connectivity index (χ2n) is 9.04. The molecule has 0 radical (unpaired) electrons. The van der Waals surface area contributed by atoms with E-state index in [0.717, 1.165) is 25.1 Å². The normalized spacial score (nSPS) is 23.1. The van der Waals surface area contributed by atoms with Gasteiger partial charge in [0, 0.05) is 30.8 Å². The van der Waals surface area contributed by atoms with E-state index in [4.69, 9.17) is 16.3 Å². The Morgan fingerprint density at radius 3 is 2.68 bits per heavy atom. The highest BCUT2D eigenvalue weighted by Gasteiger charge is 2.44. The molecule has 3 heterocycles. The molecule has 8 heteroatoms. The van der Waals surface area contributed by atoms with Crippen molar-refractivity contribution in [2.24, 2.45) is 0 Å². The van der Waals surface area contributed by atoms with Crippen molar-refractivity contribution in [1.82, 2.24) is 10.2 Å². The van der Waals surface area contributed by atoms with Crippen molar-refractivity contribution in [2.75, 3.05) is 32.1 Å². The average Bonchev–Trinajstić information content (AvgIpc) is 3.34. The molecule has 2 aliphatic heterocycles. The molecule has 166 valence electrons. The van der Waals surface area contributed by atoms with Crippen LogP contribution < -0.4 is 10.6 Å². The van der Waals surface area contributed by atoms with E-state index in [0.29, 0.717) is 22.2 Å². The number of rotatable bonds is 4. The predicted octanol–water partition coefficient (Wildman–Crippen LogP) is 3.74. The highest BCUT2D eigenvalue weighted by molar-refractivity contribution is 7.18. The van der Waals surface area contributed by atoms with E-state index < -0.39 is 5.54 Å². The SMILES string of the molecule is CN1CCc2ccc(NC(=O)[C@@]3(NC(=O)c4ccc(Cl)s4)CCOC3)cc2CC1(C)C. The fourth-order valence-corrected chi connectivity index (χ4v) is 5.11. The van der Waals surface area contributed by atoms with Gasteiger partial charge < -0.3 is 20.3 Å². The van der Waals surface area contributed by atoms with Gasteiger partial charge in [-0.05, 0) is 69.1 Å². The number of nitrogens with one attached hydrogen (secondary N) is 2. The highest BCUT2D eigenvalue weighted by atomic mass is 35.5. The minimum absolute atomic E-state index is 0.0460. The molecule has 0 spiro atoms. The fourth-order valence-electron chi connectivity index (χ4n) is 4.17. The van der Waals surface area contributed by atoms with Gasteiger partial charge in [0.1, 0.15) is 5.54 Å². The van der Waals surface area contributed by atoms with Crippen LogP contribution in [0.25, 0.3) is 0 Å². The second kappa shape index (κ2) is 8.54. The van der Waals surface area contributed by atoms with Crippen LogP contribution in [0.15, 0.2) is 30.3 Å². The summed E-state index contributed by atoms with van der Waals surface area (Å²) in [6.45, 7) is 6.05. The summed E-state index contributed by atoms with van der Waals surface area (Å²) < 4.78 is 6.04. The number of halogens is 1. The van der Waals surface area contributed by atoms with Crippen LogP contribution in [0.3, 0.4) is 0 Å². The predicted molar refractivity (Wildman–Crippen MR) is 124 cm³/mol. The Labute approximate surface area is 191 Å². The van der Waals surface area contributed by atoms with Crippen LogP contribution in [0, 0.1) is 0 Å². The maximum Gasteiger partial charge on any atom is 0.262 e. The maximum absolute atomic E-state index is 13.3. The topological polar surface area (TPSA) is 70.7 Å². The monoisotopic (exact) mass is 461 g/mol. The number of thiophene rings is 1. The van der Waals surface area contributed by atoms with Crippen LogP contribution in [0.2, 0.25) is 4.34 Å². The summed E-state index contributed by atoms with van der Waals surface area (Å²) in [7, 11) is 2.15. The number of likely N-dealkylation sites (N-methyl/N-ethyl adjacent to an activating group) is 1. The van der Waals surface area contributed by atoms with Crippen LogP contribution in [0.5, 0.6) is 0 Å². The number of anilines is 1. The lowest BCUT2D eigenvalue weighted by Crippen LogP contribution is -2.57. The standard InChI is InChI=1S/C23H28ClN3O3S/c1-22(2)13-16-12-17(5-4-15(16)8-10-27(22)3)25-21(29)23(9-11-30-14-23)26-20(28)18-6-7-19(24)31-18/h4-7,12H,8-11,13-14H2,1-3H3,(H,25,29)(H,26,28)/t23-/m1/s1. The molecular formula is C23H28ClN3O3S. The lowest BCUT2D eigenvalue weighted by atomic mass is 9.92. The number of hydrogen-bond acceptors (Lipinski definition) is 5. The van der Waals surface area contributed by atoms with Crippen molar-refractivity contribution in [3.05, 3.63) is 50.7 Å². The first-order valence-corrected chi connectivity index (χ1v) is 11.7. The summed E-state index contributed by atoms with van der Waals surface area (Å²) in [6.07, 6.45) is 2.32. The van der Waals surface area contributed by atoms with Crippen molar-refractivity contribution in [3.63, 3.8) is 0 Å². The van der Waals surface area contributed by atoms with Gasteiger partial charge >= 0.3 is 0 Å². The highest BCUT2D eigenvalue weighted by Crippen LogP contribution is 2.29. The molecule has 1 aromatic heterocycles. The van der Waals surface area contributed by atoms with Crippen LogP contribution in [0.1, 0.15) is 41.1 Å². The molecule has 0 unspecified atom stereocenters. The average molecular weight is 462 g/mol. The maximum atomic E-state index is 13.3. The molecule has 2 amide bonds. The summed E-state index contributed by atoms with van der Waals surface area (Å²) in [6, 6.07) is 9.45. The molecular weight excluding hydrogens is 434 g/mol. The van der Waals surface area contributed by atoms with Crippen LogP contribution in [-0.4, -0.2) is 54.6 Å². The minimum Gasteiger partial charge on any atom is -0.378 e. The molecule has 2 aliphatic rings. The van der Waals surface area contributed by atoms with Crippen molar-refractivity contribution in [2.45, 2.75) is 44.2 Å². The van der Waals surface area contributed by atoms with E-state index in [1.54, 1.807) is 12.1 Å². The Bertz CT molecular complexity index is 998. The van der Waals surface area contributed by atoms with E-state index >= 15 is 0 Å². The molecule has 31 heavy (non-hydrogen) atoms. The smallest absolute Gasteiger partial charge is 0.262 e. The number of amides is 2. The van der Waals surface area contributed by atoms with Crippen LogP contribution in [0.4, 0.5) is 5.69 Å². The van der Waals surface area contributed by atoms with Gasteiger partial charge in [0.05, 0.1) is 15.8 Å². The summed E-state index contributed by atoms with van der Waals surface area (Å²) >= 11 is 7.14. The van der Waals surface area contributed by atoms with Crippen molar-refractivity contribution < 1.29 is 14.3 Å². The second-order valence-corrected chi connectivity index (χ2v) is 10.8. The molecule has 2 aromatic rings.